The summed E-state index contributed by atoms with van der Waals surface area (Å²) in [5, 5.41) is 1.18. The predicted molar refractivity (Wildman–Crippen MR) is 99.1 cm³/mol. The molecule has 130 valence electrons. The van der Waals surface area contributed by atoms with Crippen LogP contribution >= 0.6 is 11.3 Å². The van der Waals surface area contributed by atoms with Crippen LogP contribution in [0, 0.1) is 5.82 Å². The molecule has 0 radical (unpaired) electrons. The van der Waals surface area contributed by atoms with Gasteiger partial charge >= 0.3 is 0 Å². The molecule has 25 heavy (non-hydrogen) atoms. The Bertz CT molecular complexity index is 824. The highest BCUT2D eigenvalue weighted by molar-refractivity contribution is 7.18. The molecule has 0 aliphatic carbocycles. The summed E-state index contributed by atoms with van der Waals surface area (Å²) in [7, 11) is 0. The van der Waals surface area contributed by atoms with Crippen LogP contribution in [0.15, 0.2) is 42.7 Å². The molecule has 1 unspecified atom stereocenters. The van der Waals surface area contributed by atoms with E-state index in [0.29, 0.717) is 6.04 Å². The first-order chi connectivity index (χ1) is 12.2. The van der Waals surface area contributed by atoms with Crippen LogP contribution in [-0.4, -0.2) is 45.9 Å². The number of para-hydroxylation sites is 1. The molecule has 1 aliphatic heterocycles. The normalized spacial score (nSPS) is 17.8. The monoisotopic (exact) mass is 356 g/mol. The fourth-order valence-electron chi connectivity index (χ4n) is 3.33. The second-order valence-electron chi connectivity index (χ2n) is 6.52. The highest BCUT2D eigenvalue weighted by Gasteiger charge is 2.24. The van der Waals surface area contributed by atoms with Crippen molar-refractivity contribution in [1.82, 2.24) is 19.8 Å². The van der Waals surface area contributed by atoms with E-state index >= 15 is 0 Å². The van der Waals surface area contributed by atoms with Gasteiger partial charge in [0.05, 0.1) is 22.5 Å². The molecule has 0 N–H and O–H groups in total. The standard InChI is InChI=1S/C19H21FN4S/c1-14(19-22-17-4-2-3-5-18(17)25-19)24-8-6-23(7-9-24)13-15-10-16(20)12-21-11-15/h2-5,10-12,14H,6-9,13H2,1H3. The van der Waals surface area contributed by atoms with Crippen molar-refractivity contribution in [3.63, 3.8) is 0 Å². The fourth-order valence-corrected chi connectivity index (χ4v) is 4.39. The highest BCUT2D eigenvalue weighted by Crippen LogP contribution is 2.30. The van der Waals surface area contributed by atoms with Gasteiger partial charge < -0.3 is 0 Å². The Morgan fingerprint density at radius 3 is 2.72 bits per heavy atom. The quantitative estimate of drug-likeness (QED) is 0.713. The zero-order chi connectivity index (χ0) is 17.2. The molecule has 1 atom stereocenters. The molecular formula is C19H21FN4S. The molecule has 6 heteroatoms. The lowest BCUT2D eigenvalue weighted by atomic mass is 10.2. The van der Waals surface area contributed by atoms with Crippen LogP contribution < -0.4 is 0 Å². The Morgan fingerprint density at radius 1 is 1.16 bits per heavy atom. The number of rotatable bonds is 4. The van der Waals surface area contributed by atoms with Crippen LogP contribution in [0.25, 0.3) is 10.2 Å². The smallest absolute Gasteiger partial charge is 0.141 e. The lowest BCUT2D eigenvalue weighted by Gasteiger charge is -2.37. The number of nitrogens with zero attached hydrogens (tertiary/aromatic N) is 4. The minimum Gasteiger partial charge on any atom is -0.296 e. The Balaban J connectivity index is 1.37. The summed E-state index contributed by atoms with van der Waals surface area (Å²) < 4.78 is 14.5. The summed E-state index contributed by atoms with van der Waals surface area (Å²) in [6.45, 7) is 6.95. The van der Waals surface area contributed by atoms with Crippen molar-refractivity contribution in [2.75, 3.05) is 26.2 Å². The van der Waals surface area contributed by atoms with Crippen LogP contribution in [0.5, 0.6) is 0 Å². The molecule has 0 amide bonds. The molecule has 2 aromatic heterocycles. The first kappa shape index (κ1) is 16.6. The Hall–Kier alpha value is -1.89. The van der Waals surface area contributed by atoms with Crippen LogP contribution in [0.3, 0.4) is 0 Å². The van der Waals surface area contributed by atoms with Crippen molar-refractivity contribution in [1.29, 1.82) is 0 Å². The zero-order valence-corrected chi connectivity index (χ0v) is 15.0. The van der Waals surface area contributed by atoms with Gasteiger partial charge in [-0.25, -0.2) is 9.37 Å². The van der Waals surface area contributed by atoms with Crippen LogP contribution in [0.4, 0.5) is 4.39 Å². The van der Waals surface area contributed by atoms with E-state index in [-0.39, 0.29) is 5.82 Å². The second kappa shape index (κ2) is 7.15. The van der Waals surface area contributed by atoms with Gasteiger partial charge in [0.1, 0.15) is 10.8 Å². The van der Waals surface area contributed by atoms with Crippen molar-refractivity contribution in [3.8, 4) is 0 Å². The van der Waals surface area contributed by atoms with Gasteiger partial charge in [-0.2, -0.15) is 0 Å². The van der Waals surface area contributed by atoms with E-state index in [1.165, 1.54) is 15.9 Å². The average molecular weight is 356 g/mol. The lowest BCUT2D eigenvalue weighted by Crippen LogP contribution is -2.46. The lowest BCUT2D eigenvalue weighted by molar-refractivity contribution is 0.0977. The number of hydrogen-bond donors (Lipinski definition) is 0. The topological polar surface area (TPSA) is 32.3 Å². The van der Waals surface area contributed by atoms with Gasteiger partial charge in [0, 0.05) is 38.9 Å². The Labute approximate surface area is 150 Å². The second-order valence-corrected chi connectivity index (χ2v) is 7.58. The molecule has 1 fully saturated rings. The summed E-state index contributed by atoms with van der Waals surface area (Å²) in [6.07, 6.45) is 3.00. The number of piperazine rings is 1. The maximum atomic E-state index is 13.3. The van der Waals surface area contributed by atoms with Gasteiger partial charge in [-0.15, -0.1) is 11.3 Å². The molecular weight excluding hydrogens is 335 g/mol. The molecule has 0 bridgehead atoms. The minimum atomic E-state index is -0.263. The van der Waals surface area contributed by atoms with Crippen molar-refractivity contribution < 1.29 is 4.39 Å². The molecule has 4 rings (SSSR count). The molecule has 1 aliphatic rings. The molecule has 4 nitrogen and oxygen atoms in total. The van der Waals surface area contributed by atoms with Crippen molar-refractivity contribution >= 4 is 21.6 Å². The molecule has 0 spiro atoms. The summed E-state index contributed by atoms with van der Waals surface area (Å²) >= 11 is 1.79. The Morgan fingerprint density at radius 2 is 1.96 bits per heavy atom. The first-order valence-corrected chi connectivity index (χ1v) is 9.42. The molecule has 3 heterocycles. The minimum absolute atomic E-state index is 0.263. The van der Waals surface area contributed by atoms with E-state index < -0.39 is 0 Å². The van der Waals surface area contributed by atoms with Crippen LogP contribution in [0.1, 0.15) is 23.5 Å². The van der Waals surface area contributed by atoms with E-state index in [1.54, 1.807) is 23.6 Å². The van der Waals surface area contributed by atoms with E-state index in [4.69, 9.17) is 4.98 Å². The van der Waals surface area contributed by atoms with Crippen LogP contribution in [-0.2, 0) is 6.54 Å². The van der Waals surface area contributed by atoms with Gasteiger partial charge in [0.25, 0.3) is 0 Å². The zero-order valence-electron chi connectivity index (χ0n) is 14.2. The maximum Gasteiger partial charge on any atom is 0.141 e. The number of hydrogen-bond acceptors (Lipinski definition) is 5. The largest absolute Gasteiger partial charge is 0.296 e. The summed E-state index contributed by atoms with van der Waals surface area (Å²) in [6, 6.07) is 10.2. The van der Waals surface area contributed by atoms with Crippen molar-refractivity contribution in [3.05, 3.63) is 59.1 Å². The first-order valence-electron chi connectivity index (χ1n) is 8.60. The van der Waals surface area contributed by atoms with Crippen molar-refractivity contribution in [2.45, 2.75) is 19.5 Å². The van der Waals surface area contributed by atoms with Crippen molar-refractivity contribution in [2.24, 2.45) is 0 Å². The predicted octanol–water partition coefficient (Wildman–Crippen LogP) is 3.71. The number of fused-ring (bicyclic) bond motifs is 1. The number of benzene rings is 1. The molecule has 1 aromatic carbocycles. The van der Waals surface area contributed by atoms with Gasteiger partial charge in [-0.05, 0) is 30.7 Å². The number of thiazole rings is 1. The van der Waals surface area contributed by atoms with Gasteiger partial charge in [-0.3, -0.25) is 14.8 Å². The fraction of sp³-hybridized carbons (Fsp3) is 0.368. The summed E-state index contributed by atoms with van der Waals surface area (Å²) in [5.74, 6) is -0.263. The number of aromatic nitrogens is 2. The van der Waals surface area contributed by atoms with E-state index in [9.17, 15) is 4.39 Å². The Kier molecular flexibility index (Phi) is 4.74. The van der Waals surface area contributed by atoms with Gasteiger partial charge in [0.15, 0.2) is 0 Å². The van der Waals surface area contributed by atoms with E-state index in [0.717, 1.165) is 43.8 Å². The molecule has 1 saturated heterocycles. The summed E-state index contributed by atoms with van der Waals surface area (Å²) in [4.78, 5) is 13.6. The third-order valence-electron chi connectivity index (χ3n) is 4.79. The van der Waals surface area contributed by atoms with Crippen LogP contribution in [0.2, 0.25) is 0 Å². The average Bonchev–Trinajstić information content (AvgIpc) is 3.06. The van der Waals surface area contributed by atoms with E-state index in [1.807, 2.05) is 6.07 Å². The molecule has 0 saturated carbocycles. The third kappa shape index (κ3) is 3.71. The third-order valence-corrected chi connectivity index (χ3v) is 6.00. The van der Waals surface area contributed by atoms with Gasteiger partial charge in [0.2, 0.25) is 0 Å². The van der Waals surface area contributed by atoms with Gasteiger partial charge in [-0.1, -0.05) is 12.1 Å². The maximum absolute atomic E-state index is 13.3. The molecule has 3 aromatic rings. The van der Waals surface area contributed by atoms with E-state index in [2.05, 4.69) is 39.9 Å². The summed E-state index contributed by atoms with van der Waals surface area (Å²) in [5.41, 5.74) is 2.03. The number of pyridine rings is 1. The highest BCUT2D eigenvalue weighted by atomic mass is 32.1. The SMILES string of the molecule is CC(c1nc2ccccc2s1)N1CCN(Cc2cncc(F)c2)CC1. The number of halogens is 1.